The van der Waals surface area contributed by atoms with Crippen molar-refractivity contribution in [2.75, 3.05) is 12.4 Å². The molecule has 0 aliphatic carbocycles. The Morgan fingerprint density at radius 3 is 2.31 bits per heavy atom. The van der Waals surface area contributed by atoms with Crippen LogP contribution < -0.4 is 10.6 Å². The maximum atomic E-state index is 13.3. The number of carbonyl (C=O) groups is 3. The maximum absolute atomic E-state index is 13.3. The zero-order chi connectivity index (χ0) is 24.1. The predicted octanol–water partition coefficient (Wildman–Crippen LogP) is 3.75. The number of carbonyl (C=O) groups excluding carboxylic acids is 3. The number of hydrogen-bond donors (Lipinski definition) is 3. The number of ether oxygens (including phenoxy) is 1. The van der Waals surface area contributed by atoms with Crippen LogP contribution in [0.1, 0.15) is 44.9 Å². The molecule has 0 aliphatic heterocycles. The highest BCUT2D eigenvalue weighted by Gasteiger charge is 2.32. The summed E-state index contributed by atoms with van der Waals surface area (Å²) in [6, 6.07) is 11.5. The van der Waals surface area contributed by atoms with Gasteiger partial charge in [0.05, 0.1) is 0 Å². The first-order chi connectivity index (χ1) is 14.9. The standard InChI is InChI=1S/C24H31N3O5/c1-15-10-7-8-13-19(15)26-21(29)20(17-11-9-12-18(28)14-17)27(6)22(30)16(2)25-23(31)32-24(3,4)5/h7-14,16,20,28H,1-6H3,(H,25,31)(H,26,29). The first-order valence-electron chi connectivity index (χ1n) is 10.3. The number of nitrogens with one attached hydrogen (secondary N) is 2. The number of rotatable bonds is 6. The van der Waals surface area contributed by atoms with Gasteiger partial charge in [-0.2, -0.15) is 0 Å². The smallest absolute Gasteiger partial charge is 0.408 e. The van der Waals surface area contributed by atoms with E-state index in [2.05, 4.69) is 10.6 Å². The van der Waals surface area contributed by atoms with Crippen molar-refractivity contribution in [3.8, 4) is 5.75 Å². The molecule has 3 N–H and O–H groups in total. The first kappa shape index (κ1) is 24.7. The van der Waals surface area contributed by atoms with E-state index >= 15 is 0 Å². The van der Waals surface area contributed by atoms with Gasteiger partial charge in [-0.15, -0.1) is 0 Å². The number of phenolic OH excluding ortho intramolecular Hbond substituents is 1. The van der Waals surface area contributed by atoms with E-state index in [1.165, 1.54) is 31.0 Å². The van der Waals surface area contributed by atoms with Gasteiger partial charge in [-0.1, -0.05) is 30.3 Å². The third-order valence-electron chi connectivity index (χ3n) is 4.68. The average Bonchev–Trinajstić information content (AvgIpc) is 2.67. The summed E-state index contributed by atoms with van der Waals surface area (Å²) in [6.07, 6.45) is -0.731. The van der Waals surface area contributed by atoms with Gasteiger partial charge in [0.1, 0.15) is 23.4 Å². The third-order valence-corrected chi connectivity index (χ3v) is 4.68. The van der Waals surface area contributed by atoms with Crippen molar-refractivity contribution in [2.24, 2.45) is 0 Å². The van der Waals surface area contributed by atoms with Crippen LogP contribution in [0.25, 0.3) is 0 Å². The number of alkyl carbamates (subject to hydrolysis) is 1. The first-order valence-corrected chi connectivity index (χ1v) is 10.3. The number of aryl methyl sites for hydroxylation is 1. The fourth-order valence-corrected chi connectivity index (χ4v) is 3.14. The molecule has 0 saturated carbocycles. The quantitative estimate of drug-likeness (QED) is 0.633. The topological polar surface area (TPSA) is 108 Å². The van der Waals surface area contributed by atoms with Crippen molar-refractivity contribution in [2.45, 2.75) is 52.3 Å². The van der Waals surface area contributed by atoms with Gasteiger partial charge in [0, 0.05) is 12.7 Å². The van der Waals surface area contributed by atoms with E-state index in [1.807, 2.05) is 19.1 Å². The summed E-state index contributed by atoms with van der Waals surface area (Å²) in [6.45, 7) is 8.54. The lowest BCUT2D eigenvalue weighted by Gasteiger charge is -2.30. The number of benzene rings is 2. The number of para-hydroxylation sites is 1. The fourth-order valence-electron chi connectivity index (χ4n) is 3.14. The largest absolute Gasteiger partial charge is 0.508 e. The van der Waals surface area contributed by atoms with E-state index in [0.717, 1.165) is 5.56 Å². The maximum Gasteiger partial charge on any atom is 0.408 e. The molecule has 2 rings (SSSR count). The van der Waals surface area contributed by atoms with Gasteiger partial charge in [0.15, 0.2) is 0 Å². The lowest BCUT2D eigenvalue weighted by atomic mass is 10.0. The van der Waals surface area contributed by atoms with E-state index < -0.39 is 35.6 Å². The van der Waals surface area contributed by atoms with Crippen LogP contribution >= 0.6 is 0 Å². The Morgan fingerprint density at radius 2 is 1.72 bits per heavy atom. The molecule has 2 unspecified atom stereocenters. The van der Waals surface area contributed by atoms with E-state index in [4.69, 9.17) is 4.74 Å². The second-order valence-electron chi connectivity index (χ2n) is 8.62. The normalized spacial score (nSPS) is 12.9. The molecular formula is C24H31N3O5. The molecule has 0 radical (unpaired) electrons. The van der Waals surface area contributed by atoms with Crippen molar-refractivity contribution >= 4 is 23.6 Å². The van der Waals surface area contributed by atoms with Crippen molar-refractivity contribution in [1.82, 2.24) is 10.2 Å². The monoisotopic (exact) mass is 441 g/mol. The Bertz CT molecular complexity index is 984. The molecular weight excluding hydrogens is 410 g/mol. The fraction of sp³-hybridized carbons (Fsp3) is 0.375. The van der Waals surface area contributed by atoms with E-state index in [1.54, 1.807) is 45.0 Å². The minimum Gasteiger partial charge on any atom is -0.508 e. The molecule has 172 valence electrons. The molecule has 2 aromatic carbocycles. The molecule has 0 aromatic heterocycles. The molecule has 8 nitrogen and oxygen atoms in total. The van der Waals surface area contributed by atoms with Gasteiger partial charge in [-0.05, 0) is 63.9 Å². The Morgan fingerprint density at radius 1 is 1.06 bits per heavy atom. The summed E-state index contributed by atoms with van der Waals surface area (Å²) in [4.78, 5) is 39.7. The van der Waals surface area contributed by atoms with Gasteiger partial charge in [-0.25, -0.2) is 4.79 Å². The summed E-state index contributed by atoms with van der Waals surface area (Å²) in [5.74, 6) is -0.980. The highest BCUT2D eigenvalue weighted by molar-refractivity contribution is 5.99. The molecule has 2 aromatic rings. The van der Waals surface area contributed by atoms with Crippen LogP contribution in [0.5, 0.6) is 5.75 Å². The van der Waals surface area contributed by atoms with Gasteiger partial charge >= 0.3 is 6.09 Å². The van der Waals surface area contributed by atoms with Crippen molar-refractivity contribution < 1.29 is 24.2 Å². The Hall–Kier alpha value is -3.55. The summed E-state index contributed by atoms with van der Waals surface area (Å²) < 4.78 is 5.21. The van der Waals surface area contributed by atoms with Crippen LogP contribution in [0.4, 0.5) is 10.5 Å². The molecule has 3 amide bonds. The van der Waals surface area contributed by atoms with Gasteiger partial charge in [-0.3, -0.25) is 9.59 Å². The molecule has 32 heavy (non-hydrogen) atoms. The number of likely N-dealkylation sites (N-methyl/N-ethyl adjacent to an activating group) is 1. The second kappa shape index (κ2) is 10.2. The van der Waals surface area contributed by atoms with Gasteiger partial charge in [0.25, 0.3) is 5.91 Å². The van der Waals surface area contributed by atoms with Gasteiger partial charge in [0.2, 0.25) is 5.91 Å². The zero-order valence-corrected chi connectivity index (χ0v) is 19.3. The molecule has 0 heterocycles. The highest BCUT2D eigenvalue weighted by atomic mass is 16.6. The number of nitrogens with zero attached hydrogens (tertiary/aromatic N) is 1. The number of phenols is 1. The van der Waals surface area contributed by atoms with Crippen LogP contribution in [-0.2, 0) is 14.3 Å². The number of hydrogen-bond acceptors (Lipinski definition) is 5. The third kappa shape index (κ3) is 6.73. The Kier molecular flexibility index (Phi) is 7.86. The highest BCUT2D eigenvalue weighted by Crippen LogP contribution is 2.26. The lowest BCUT2D eigenvalue weighted by Crippen LogP contribution is -2.49. The molecule has 0 bridgehead atoms. The number of amides is 3. The van der Waals surface area contributed by atoms with E-state index in [0.29, 0.717) is 11.3 Å². The van der Waals surface area contributed by atoms with E-state index in [-0.39, 0.29) is 5.75 Å². The van der Waals surface area contributed by atoms with Crippen LogP contribution in [0.3, 0.4) is 0 Å². The molecule has 0 spiro atoms. The van der Waals surface area contributed by atoms with Crippen LogP contribution in [0, 0.1) is 6.92 Å². The van der Waals surface area contributed by atoms with Crippen molar-refractivity contribution in [3.63, 3.8) is 0 Å². The predicted molar refractivity (Wildman–Crippen MR) is 122 cm³/mol. The summed E-state index contributed by atoms with van der Waals surface area (Å²) in [5, 5.41) is 15.3. The summed E-state index contributed by atoms with van der Waals surface area (Å²) in [5.41, 5.74) is 1.19. The molecule has 0 saturated heterocycles. The summed E-state index contributed by atoms with van der Waals surface area (Å²) in [7, 11) is 1.47. The molecule has 0 fully saturated rings. The average molecular weight is 442 g/mol. The van der Waals surface area contributed by atoms with Crippen LogP contribution in [-0.4, -0.2) is 46.6 Å². The number of anilines is 1. The van der Waals surface area contributed by atoms with E-state index in [9.17, 15) is 19.5 Å². The summed E-state index contributed by atoms with van der Waals surface area (Å²) >= 11 is 0. The van der Waals surface area contributed by atoms with Crippen LogP contribution in [0.2, 0.25) is 0 Å². The Balaban J connectivity index is 2.28. The molecule has 0 aliphatic rings. The van der Waals surface area contributed by atoms with Crippen molar-refractivity contribution in [3.05, 3.63) is 59.7 Å². The minimum absolute atomic E-state index is 0.0306. The molecule has 8 heteroatoms. The minimum atomic E-state index is -1.04. The SMILES string of the molecule is Cc1ccccc1NC(=O)C(c1cccc(O)c1)N(C)C(=O)C(C)NC(=O)OC(C)(C)C. The zero-order valence-electron chi connectivity index (χ0n) is 19.3. The van der Waals surface area contributed by atoms with Gasteiger partial charge < -0.3 is 25.4 Å². The molecule has 2 atom stereocenters. The lowest BCUT2D eigenvalue weighted by molar-refractivity contribution is -0.138. The van der Waals surface area contributed by atoms with Crippen molar-refractivity contribution in [1.29, 1.82) is 0 Å². The van der Waals surface area contributed by atoms with Crippen LogP contribution in [0.15, 0.2) is 48.5 Å². The second-order valence-corrected chi connectivity index (χ2v) is 8.62. The Labute approximate surface area is 188 Å². The number of aromatic hydroxyl groups is 1.